The number of hydrogen-bond donors (Lipinski definition) is 1. The Hall–Kier alpha value is -1.42. The van der Waals surface area contributed by atoms with Gasteiger partial charge >= 0.3 is 0 Å². The molecule has 1 aromatic rings. The zero-order valence-corrected chi connectivity index (χ0v) is 11.5. The van der Waals surface area contributed by atoms with Gasteiger partial charge in [-0.05, 0) is 44.4 Å². The molecule has 0 unspecified atom stereocenters. The van der Waals surface area contributed by atoms with Crippen LogP contribution in [0.1, 0.15) is 38.3 Å². The number of nitrogens with zero attached hydrogens (tertiary/aromatic N) is 1. The first kappa shape index (κ1) is 14.0. The summed E-state index contributed by atoms with van der Waals surface area (Å²) >= 11 is 0. The van der Waals surface area contributed by atoms with E-state index in [1.807, 2.05) is 18.7 Å². The number of amides is 1. The van der Waals surface area contributed by atoms with Gasteiger partial charge in [-0.1, -0.05) is 12.1 Å². The van der Waals surface area contributed by atoms with Crippen molar-refractivity contribution in [2.24, 2.45) is 0 Å². The second-order valence-corrected chi connectivity index (χ2v) is 5.07. The molecule has 1 N–H and O–H groups in total. The molecule has 1 aliphatic carbocycles. The van der Waals surface area contributed by atoms with Crippen LogP contribution in [0.4, 0.5) is 4.39 Å². The molecule has 0 aromatic heterocycles. The second-order valence-electron chi connectivity index (χ2n) is 5.07. The fourth-order valence-corrected chi connectivity index (χ4v) is 2.24. The van der Waals surface area contributed by atoms with E-state index in [9.17, 15) is 9.18 Å². The van der Waals surface area contributed by atoms with E-state index in [2.05, 4.69) is 5.32 Å². The molecule has 1 aromatic carbocycles. The highest BCUT2D eigenvalue weighted by Gasteiger charge is 2.31. The van der Waals surface area contributed by atoms with Crippen molar-refractivity contribution in [3.63, 3.8) is 0 Å². The first-order valence-corrected chi connectivity index (χ1v) is 6.90. The summed E-state index contributed by atoms with van der Waals surface area (Å²) in [4.78, 5) is 14.0. The number of halogens is 1. The van der Waals surface area contributed by atoms with Gasteiger partial charge in [0.25, 0.3) is 0 Å². The summed E-state index contributed by atoms with van der Waals surface area (Å²) in [6, 6.07) is 6.88. The maximum Gasteiger partial charge on any atom is 0.236 e. The molecule has 0 bridgehead atoms. The summed E-state index contributed by atoms with van der Waals surface area (Å²) in [6.45, 7) is 5.10. The fourth-order valence-electron chi connectivity index (χ4n) is 2.24. The summed E-state index contributed by atoms with van der Waals surface area (Å²) < 4.78 is 12.8. The van der Waals surface area contributed by atoms with E-state index in [1.165, 1.54) is 12.1 Å². The Labute approximate surface area is 113 Å². The van der Waals surface area contributed by atoms with Crippen molar-refractivity contribution >= 4 is 5.91 Å². The van der Waals surface area contributed by atoms with Crippen LogP contribution in [0.5, 0.6) is 0 Å². The standard InChI is InChI=1S/C15H21FN2O/c1-3-18(14-8-9-14)15(19)10-17-11(2)12-4-6-13(16)7-5-12/h4-7,11,14,17H,3,8-10H2,1-2H3/t11-/m0/s1. The van der Waals surface area contributed by atoms with Crippen molar-refractivity contribution in [2.75, 3.05) is 13.1 Å². The number of likely N-dealkylation sites (N-methyl/N-ethyl adjacent to an activating group) is 1. The van der Waals surface area contributed by atoms with Crippen molar-refractivity contribution in [2.45, 2.75) is 38.8 Å². The van der Waals surface area contributed by atoms with E-state index >= 15 is 0 Å². The summed E-state index contributed by atoms with van der Waals surface area (Å²) in [6.07, 6.45) is 2.26. The third kappa shape index (κ3) is 3.77. The Kier molecular flexibility index (Phi) is 4.53. The maximum absolute atomic E-state index is 12.8. The Morgan fingerprint density at radius 1 is 1.42 bits per heavy atom. The normalized spacial score (nSPS) is 16.2. The molecule has 0 spiro atoms. The molecule has 1 saturated carbocycles. The van der Waals surface area contributed by atoms with Crippen LogP contribution in [0.2, 0.25) is 0 Å². The molecule has 0 heterocycles. The molecule has 19 heavy (non-hydrogen) atoms. The van der Waals surface area contributed by atoms with E-state index in [4.69, 9.17) is 0 Å². The largest absolute Gasteiger partial charge is 0.339 e. The van der Waals surface area contributed by atoms with Crippen LogP contribution in [-0.2, 0) is 4.79 Å². The van der Waals surface area contributed by atoms with E-state index in [0.717, 1.165) is 24.9 Å². The first-order chi connectivity index (χ1) is 9.11. The highest BCUT2D eigenvalue weighted by molar-refractivity contribution is 5.79. The molecule has 104 valence electrons. The molecule has 0 aliphatic heterocycles. The fraction of sp³-hybridized carbons (Fsp3) is 0.533. The van der Waals surface area contributed by atoms with Gasteiger partial charge in [0.1, 0.15) is 5.82 Å². The van der Waals surface area contributed by atoms with Crippen LogP contribution >= 0.6 is 0 Å². The highest BCUT2D eigenvalue weighted by Crippen LogP contribution is 2.26. The van der Waals surface area contributed by atoms with Crippen molar-refractivity contribution in [3.8, 4) is 0 Å². The quantitative estimate of drug-likeness (QED) is 0.856. The van der Waals surface area contributed by atoms with Gasteiger partial charge < -0.3 is 10.2 Å². The lowest BCUT2D eigenvalue weighted by Gasteiger charge is -2.22. The number of rotatable bonds is 6. The second kappa shape index (κ2) is 6.15. The number of carbonyl (C=O) groups excluding carboxylic acids is 1. The van der Waals surface area contributed by atoms with Gasteiger partial charge in [0, 0.05) is 18.6 Å². The lowest BCUT2D eigenvalue weighted by atomic mass is 10.1. The monoisotopic (exact) mass is 264 g/mol. The number of nitrogens with one attached hydrogen (secondary N) is 1. The zero-order valence-electron chi connectivity index (χ0n) is 11.5. The molecular formula is C15H21FN2O. The van der Waals surface area contributed by atoms with Gasteiger partial charge in [-0.2, -0.15) is 0 Å². The number of carbonyl (C=O) groups is 1. The van der Waals surface area contributed by atoms with E-state index < -0.39 is 0 Å². The van der Waals surface area contributed by atoms with Gasteiger partial charge in [0.2, 0.25) is 5.91 Å². The molecule has 3 nitrogen and oxygen atoms in total. The van der Waals surface area contributed by atoms with E-state index in [-0.39, 0.29) is 17.8 Å². The van der Waals surface area contributed by atoms with Gasteiger partial charge in [-0.15, -0.1) is 0 Å². The lowest BCUT2D eigenvalue weighted by Crippen LogP contribution is -2.40. The average Bonchev–Trinajstić information content (AvgIpc) is 3.22. The summed E-state index contributed by atoms with van der Waals surface area (Å²) in [7, 11) is 0. The van der Waals surface area contributed by atoms with Crippen molar-refractivity contribution in [3.05, 3.63) is 35.6 Å². The van der Waals surface area contributed by atoms with Crippen LogP contribution in [-0.4, -0.2) is 29.9 Å². The zero-order chi connectivity index (χ0) is 13.8. The topological polar surface area (TPSA) is 32.3 Å². The van der Waals surface area contributed by atoms with Crippen LogP contribution in [0.15, 0.2) is 24.3 Å². The van der Waals surface area contributed by atoms with Crippen LogP contribution in [0.25, 0.3) is 0 Å². The van der Waals surface area contributed by atoms with Crippen LogP contribution in [0, 0.1) is 5.82 Å². The lowest BCUT2D eigenvalue weighted by molar-refractivity contribution is -0.130. The van der Waals surface area contributed by atoms with Crippen LogP contribution in [0.3, 0.4) is 0 Å². The Morgan fingerprint density at radius 2 is 2.05 bits per heavy atom. The molecule has 2 rings (SSSR count). The Bertz CT molecular complexity index is 428. The van der Waals surface area contributed by atoms with E-state index in [1.54, 1.807) is 12.1 Å². The molecule has 1 fully saturated rings. The van der Waals surface area contributed by atoms with Gasteiger partial charge in [0.05, 0.1) is 6.54 Å². The number of benzene rings is 1. The van der Waals surface area contributed by atoms with Gasteiger partial charge in [-0.25, -0.2) is 4.39 Å². The SMILES string of the molecule is CCN(C(=O)CN[C@@H](C)c1ccc(F)cc1)C1CC1. The minimum atomic E-state index is -0.238. The first-order valence-electron chi connectivity index (χ1n) is 6.90. The van der Waals surface area contributed by atoms with Gasteiger partial charge in [0.15, 0.2) is 0 Å². The Balaban J connectivity index is 1.84. The third-order valence-corrected chi connectivity index (χ3v) is 3.58. The third-order valence-electron chi connectivity index (χ3n) is 3.58. The molecule has 1 atom stereocenters. The average molecular weight is 264 g/mol. The van der Waals surface area contributed by atoms with Crippen molar-refractivity contribution in [1.29, 1.82) is 0 Å². The molecular weight excluding hydrogens is 243 g/mol. The van der Waals surface area contributed by atoms with Crippen molar-refractivity contribution in [1.82, 2.24) is 10.2 Å². The van der Waals surface area contributed by atoms with Gasteiger partial charge in [-0.3, -0.25) is 4.79 Å². The summed E-state index contributed by atoms with van der Waals surface area (Å²) in [5, 5.41) is 3.20. The minimum Gasteiger partial charge on any atom is -0.339 e. The molecule has 0 radical (unpaired) electrons. The molecule has 1 aliphatic rings. The predicted octanol–water partition coefficient (Wildman–Crippen LogP) is 2.49. The summed E-state index contributed by atoms with van der Waals surface area (Å²) in [5.74, 6) is -0.0862. The minimum absolute atomic E-state index is 0.0439. The Morgan fingerprint density at radius 3 is 2.58 bits per heavy atom. The maximum atomic E-state index is 12.8. The summed E-state index contributed by atoms with van der Waals surface area (Å²) in [5.41, 5.74) is 0.990. The molecule has 4 heteroatoms. The molecule has 1 amide bonds. The number of hydrogen-bond acceptors (Lipinski definition) is 2. The van der Waals surface area contributed by atoms with Crippen molar-refractivity contribution < 1.29 is 9.18 Å². The smallest absolute Gasteiger partial charge is 0.236 e. The van der Waals surface area contributed by atoms with Crippen LogP contribution < -0.4 is 5.32 Å². The van der Waals surface area contributed by atoms with E-state index in [0.29, 0.717) is 12.6 Å². The predicted molar refractivity (Wildman–Crippen MR) is 73.2 cm³/mol. The highest BCUT2D eigenvalue weighted by atomic mass is 19.1. The molecule has 0 saturated heterocycles.